The Morgan fingerprint density at radius 2 is 1.87 bits per heavy atom. The van der Waals surface area contributed by atoms with Gasteiger partial charge >= 0.3 is 5.97 Å². The van der Waals surface area contributed by atoms with E-state index in [1.165, 1.54) is 23.9 Å². The first-order valence-corrected chi connectivity index (χ1v) is 9.18. The Labute approximate surface area is 173 Å². The molecule has 11 heteroatoms. The minimum absolute atomic E-state index is 0.235. The van der Waals surface area contributed by atoms with E-state index < -0.39 is 23.4 Å². The number of rotatable bonds is 3. The fourth-order valence-corrected chi connectivity index (χ4v) is 3.59. The minimum atomic E-state index is -0.622. The van der Waals surface area contributed by atoms with Crippen molar-refractivity contribution >= 4 is 17.6 Å². The number of H-pyrrole nitrogens is 1. The Morgan fingerprint density at radius 3 is 2.58 bits per heavy atom. The standard InChI is InChI=1S/C20H14FN7O3/c1-31-19(30)12-4-2-11(3-5-12)17-14-15(10-6-8-13(21)9-7-10)23-24-18(29)16(14)22-20-25-26-27-28(17)20/h2-9,17H,1H3,(H,24,29)(H,22,25,27)/t17-/m1/s1. The van der Waals surface area contributed by atoms with E-state index in [2.05, 4.69) is 31.0 Å². The molecule has 5 rings (SSSR count). The molecule has 1 aliphatic rings. The molecule has 2 aromatic carbocycles. The molecular weight excluding hydrogens is 405 g/mol. The van der Waals surface area contributed by atoms with E-state index in [9.17, 15) is 14.0 Å². The van der Waals surface area contributed by atoms with Crippen molar-refractivity contribution in [3.63, 3.8) is 0 Å². The number of esters is 1. The van der Waals surface area contributed by atoms with Crippen LogP contribution in [0.2, 0.25) is 0 Å². The predicted molar refractivity (Wildman–Crippen MR) is 106 cm³/mol. The van der Waals surface area contributed by atoms with Crippen LogP contribution in [0.15, 0.2) is 53.3 Å². The summed E-state index contributed by atoms with van der Waals surface area (Å²) in [5.41, 5.74) is 2.42. The lowest BCUT2D eigenvalue weighted by Gasteiger charge is -2.27. The molecule has 154 valence electrons. The van der Waals surface area contributed by atoms with Crippen LogP contribution in [-0.2, 0) is 4.74 Å². The number of hydrogen-bond acceptors (Lipinski definition) is 8. The van der Waals surface area contributed by atoms with Crippen LogP contribution in [0.1, 0.15) is 27.5 Å². The molecule has 0 saturated carbocycles. The summed E-state index contributed by atoms with van der Waals surface area (Å²) < 4.78 is 19.7. The van der Waals surface area contributed by atoms with Crippen LogP contribution in [0.5, 0.6) is 0 Å². The Hall–Kier alpha value is -4.41. The third-order valence-corrected chi connectivity index (χ3v) is 5.03. The lowest BCUT2D eigenvalue weighted by Crippen LogP contribution is -2.29. The molecule has 0 unspecified atom stereocenters. The highest BCUT2D eigenvalue weighted by molar-refractivity contribution is 5.89. The summed E-state index contributed by atoms with van der Waals surface area (Å²) in [5.74, 6) is -0.584. The smallest absolute Gasteiger partial charge is 0.337 e. The molecule has 0 bridgehead atoms. The summed E-state index contributed by atoms with van der Waals surface area (Å²) in [4.78, 5) is 24.4. The highest BCUT2D eigenvalue weighted by Gasteiger charge is 2.34. The van der Waals surface area contributed by atoms with Gasteiger partial charge in [-0.2, -0.15) is 9.78 Å². The number of carbonyl (C=O) groups excluding carboxylic acids is 1. The van der Waals surface area contributed by atoms with E-state index in [1.807, 2.05) is 0 Å². The van der Waals surface area contributed by atoms with Gasteiger partial charge in [0.2, 0.25) is 5.95 Å². The summed E-state index contributed by atoms with van der Waals surface area (Å²) in [7, 11) is 1.31. The molecule has 31 heavy (non-hydrogen) atoms. The van der Waals surface area contributed by atoms with Crippen LogP contribution in [0.4, 0.5) is 16.0 Å². The van der Waals surface area contributed by atoms with Crippen LogP contribution in [-0.4, -0.2) is 43.5 Å². The molecule has 0 amide bonds. The molecular formula is C20H14FN7O3. The zero-order chi connectivity index (χ0) is 21.5. The molecule has 1 aliphatic heterocycles. The van der Waals surface area contributed by atoms with Crippen molar-refractivity contribution in [1.29, 1.82) is 0 Å². The highest BCUT2D eigenvalue weighted by Crippen LogP contribution is 2.41. The molecule has 2 N–H and O–H groups in total. The van der Waals surface area contributed by atoms with Crippen molar-refractivity contribution in [1.82, 2.24) is 30.4 Å². The largest absolute Gasteiger partial charge is 0.465 e. The number of aromatic amines is 1. The third-order valence-electron chi connectivity index (χ3n) is 5.03. The predicted octanol–water partition coefficient (Wildman–Crippen LogP) is 2.04. The number of anilines is 2. The SMILES string of the molecule is COC(=O)c1ccc([C@@H]2c3c(-c4ccc(F)cc4)n[nH]c(=O)c3Nc3nnnn32)cc1. The summed E-state index contributed by atoms with van der Waals surface area (Å²) in [5, 5.41) is 21.4. The highest BCUT2D eigenvalue weighted by atomic mass is 19.1. The van der Waals surface area contributed by atoms with E-state index in [4.69, 9.17) is 4.74 Å². The maximum Gasteiger partial charge on any atom is 0.337 e. The number of hydrogen-bond donors (Lipinski definition) is 2. The van der Waals surface area contributed by atoms with Crippen molar-refractivity contribution in [2.24, 2.45) is 0 Å². The average molecular weight is 419 g/mol. The van der Waals surface area contributed by atoms with Gasteiger partial charge in [-0.05, 0) is 52.4 Å². The second-order valence-electron chi connectivity index (χ2n) is 6.79. The molecule has 1 atom stereocenters. The maximum absolute atomic E-state index is 13.5. The monoisotopic (exact) mass is 419 g/mol. The second-order valence-corrected chi connectivity index (χ2v) is 6.79. The third kappa shape index (κ3) is 3.03. The van der Waals surface area contributed by atoms with Gasteiger partial charge in [-0.1, -0.05) is 17.2 Å². The van der Waals surface area contributed by atoms with E-state index >= 15 is 0 Å². The summed E-state index contributed by atoms with van der Waals surface area (Å²) in [6.45, 7) is 0. The number of ether oxygens (including phenoxy) is 1. The first kappa shape index (κ1) is 18.6. The van der Waals surface area contributed by atoms with Crippen LogP contribution in [0.25, 0.3) is 11.3 Å². The molecule has 0 aliphatic carbocycles. The Morgan fingerprint density at radius 1 is 1.13 bits per heavy atom. The number of fused-ring (bicyclic) bond motifs is 2. The van der Waals surface area contributed by atoms with E-state index in [-0.39, 0.29) is 11.6 Å². The molecule has 4 aromatic rings. The number of methoxy groups -OCH3 is 1. The van der Waals surface area contributed by atoms with Crippen molar-refractivity contribution in [2.45, 2.75) is 6.04 Å². The first-order valence-electron chi connectivity index (χ1n) is 9.18. The van der Waals surface area contributed by atoms with Crippen molar-refractivity contribution in [3.05, 3.63) is 81.4 Å². The van der Waals surface area contributed by atoms with E-state index in [0.29, 0.717) is 27.9 Å². The zero-order valence-corrected chi connectivity index (χ0v) is 16.0. The van der Waals surface area contributed by atoms with Crippen molar-refractivity contribution < 1.29 is 13.9 Å². The maximum atomic E-state index is 13.5. The van der Waals surface area contributed by atoms with Crippen molar-refractivity contribution in [2.75, 3.05) is 12.4 Å². The van der Waals surface area contributed by atoms with Crippen LogP contribution in [0, 0.1) is 5.82 Å². The number of nitrogens with zero attached hydrogens (tertiary/aromatic N) is 5. The van der Waals surface area contributed by atoms with Gasteiger partial charge in [-0.25, -0.2) is 14.3 Å². The number of benzene rings is 2. The van der Waals surface area contributed by atoms with Gasteiger partial charge in [0, 0.05) is 11.1 Å². The molecule has 3 heterocycles. The summed E-state index contributed by atoms with van der Waals surface area (Å²) in [6, 6.07) is 11.8. The molecule has 0 fully saturated rings. The molecule has 2 aromatic heterocycles. The van der Waals surface area contributed by atoms with Gasteiger partial charge in [0.05, 0.1) is 18.4 Å². The molecule has 0 radical (unpaired) electrons. The van der Waals surface area contributed by atoms with Gasteiger partial charge in [-0.3, -0.25) is 4.79 Å². The Bertz CT molecular complexity index is 1350. The normalized spacial score (nSPS) is 14.3. The second kappa shape index (κ2) is 7.13. The van der Waals surface area contributed by atoms with Gasteiger partial charge in [-0.15, -0.1) is 0 Å². The lowest BCUT2D eigenvalue weighted by atomic mass is 9.92. The zero-order valence-electron chi connectivity index (χ0n) is 16.0. The fourth-order valence-electron chi connectivity index (χ4n) is 3.59. The topological polar surface area (TPSA) is 128 Å². The van der Waals surface area contributed by atoms with Crippen LogP contribution < -0.4 is 10.9 Å². The Balaban J connectivity index is 1.74. The van der Waals surface area contributed by atoms with Crippen molar-refractivity contribution in [3.8, 4) is 11.3 Å². The molecule has 10 nitrogen and oxygen atoms in total. The molecule has 0 saturated heterocycles. The molecule has 0 spiro atoms. The lowest BCUT2D eigenvalue weighted by molar-refractivity contribution is 0.0600. The first-order chi connectivity index (χ1) is 15.1. The number of nitrogens with one attached hydrogen (secondary N) is 2. The van der Waals surface area contributed by atoms with Gasteiger partial charge in [0.15, 0.2) is 0 Å². The minimum Gasteiger partial charge on any atom is -0.465 e. The van der Waals surface area contributed by atoms with Gasteiger partial charge in [0.25, 0.3) is 5.56 Å². The number of halogens is 1. The quantitative estimate of drug-likeness (QED) is 0.425. The number of aromatic nitrogens is 6. The van der Waals surface area contributed by atoms with Crippen LogP contribution in [0.3, 0.4) is 0 Å². The fraction of sp³-hybridized carbons (Fsp3) is 0.100. The number of carbonyl (C=O) groups is 1. The number of tetrazole rings is 1. The van der Waals surface area contributed by atoms with E-state index in [1.54, 1.807) is 36.4 Å². The van der Waals surface area contributed by atoms with Gasteiger partial charge < -0.3 is 10.1 Å². The van der Waals surface area contributed by atoms with Crippen LogP contribution >= 0.6 is 0 Å². The Kier molecular flexibility index (Phi) is 4.28. The summed E-state index contributed by atoms with van der Waals surface area (Å²) in [6.07, 6.45) is 0. The average Bonchev–Trinajstić information content (AvgIpc) is 3.27. The van der Waals surface area contributed by atoms with E-state index in [0.717, 1.165) is 0 Å². The summed E-state index contributed by atoms with van der Waals surface area (Å²) >= 11 is 0. The van der Waals surface area contributed by atoms with Gasteiger partial charge in [0.1, 0.15) is 17.5 Å².